The van der Waals surface area contributed by atoms with Crippen LogP contribution in [0.25, 0.3) is 0 Å². The normalized spacial score (nSPS) is 12.9. The topological polar surface area (TPSA) is 82.5 Å². The SMILES string of the molecule is CCCCCCC#Cc1cccc(C(O)C(CO)NC(C)=O)n1. The molecule has 0 saturated carbocycles. The predicted molar refractivity (Wildman–Crippen MR) is 89.5 cm³/mol. The van der Waals surface area contributed by atoms with Gasteiger partial charge >= 0.3 is 0 Å². The number of aromatic nitrogens is 1. The van der Waals surface area contributed by atoms with E-state index in [-0.39, 0.29) is 12.5 Å². The van der Waals surface area contributed by atoms with Gasteiger partial charge in [0.05, 0.1) is 18.3 Å². The van der Waals surface area contributed by atoms with E-state index in [0.29, 0.717) is 11.4 Å². The van der Waals surface area contributed by atoms with Crippen LogP contribution in [0.4, 0.5) is 0 Å². The van der Waals surface area contributed by atoms with E-state index in [1.807, 2.05) is 0 Å². The first-order valence-corrected chi connectivity index (χ1v) is 8.10. The van der Waals surface area contributed by atoms with Gasteiger partial charge in [0.15, 0.2) is 0 Å². The Balaban J connectivity index is 2.68. The smallest absolute Gasteiger partial charge is 0.217 e. The summed E-state index contributed by atoms with van der Waals surface area (Å²) < 4.78 is 0. The molecule has 23 heavy (non-hydrogen) atoms. The maximum atomic E-state index is 11.1. The monoisotopic (exact) mass is 318 g/mol. The van der Waals surface area contributed by atoms with Crippen molar-refractivity contribution in [3.63, 3.8) is 0 Å². The van der Waals surface area contributed by atoms with Gasteiger partial charge in [-0.05, 0) is 24.5 Å². The van der Waals surface area contributed by atoms with Crippen LogP contribution in [0.1, 0.15) is 63.4 Å². The number of pyridine rings is 1. The molecule has 0 bridgehead atoms. The van der Waals surface area contributed by atoms with Crippen LogP contribution in [-0.4, -0.2) is 33.8 Å². The van der Waals surface area contributed by atoms with Crippen LogP contribution >= 0.6 is 0 Å². The second-order valence-electron chi connectivity index (χ2n) is 5.49. The number of carbonyl (C=O) groups is 1. The van der Waals surface area contributed by atoms with Gasteiger partial charge in [-0.25, -0.2) is 4.98 Å². The number of amides is 1. The van der Waals surface area contributed by atoms with Crippen molar-refractivity contribution in [2.45, 2.75) is 58.1 Å². The fourth-order valence-corrected chi connectivity index (χ4v) is 2.17. The number of nitrogens with zero attached hydrogens (tertiary/aromatic N) is 1. The minimum absolute atomic E-state index is 0.314. The van der Waals surface area contributed by atoms with Crippen LogP contribution in [0.2, 0.25) is 0 Å². The molecule has 1 aromatic rings. The number of hydrogen-bond acceptors (Lipinski definition) is 4. The van der Waals surface area contributed by atoms with Crippen molar-refractivity contribution in [3.8, 4) is 11.8 Å². The lowest BCUT2D eigenvalue weighted by atomic mass is 10.1. The van der Waals surface area contributed by atoms with Crippen LogP contribution in [-0.2, 0) is 4.79 Å². The third-order valence-corrected chi connectivity index (χ3v) is 3.41. The second-order valence-corrected chi connectivity index (χ2v) is 5.49. The fourth-order valence-electron chi connectivity index (χ4n) is 2.17. The third-order valence-electron chi connectivity index (χ3n) is 3.41. The van der Waals surface area contributed by atoms with Crippen molar-refractivity contribution in [2.24, 2.45) is 0 Å². The van der Waals surface area contributed by atoms with Gasteiger partial charge in [0, 0.05) is 13.3 Å². The van der Waals surface area contributed by atoms with E-state index >= 15 is 0 Å². The minimum atomic E-state index is -1.07. The van der Waals surface area contributed by atoms with Gasteiger partial charge < -0.3 is 15.5 Å². The summed E-state index contributed by atoms with van der Waals surface area (Å²) in [5, 5.41) is 22.0. The first-order valence-electron chi connectivity index (χ1n) is 8.10. The Hall–Kier alpha value is -1.90. The number of hydrogen-bond donors (Lipinski definition) is 3. The average molecular weight is 318 g/mol. The summed E-state index contributed by atoms with van der Waals surface area (Å²) in [6.45, 7) is 3.14. The first kappa shape index (κ1) is 19.1. The van der Waals surface area contributed by atoms with E-state index in [9.17, 15) is 15.0 Å². The lowest BCUT2D eigenvalue weighted by Crippen LogP contribution is -2.41. The van der Waals surface area contributed by atoms with Crippen molar-refractivity contribution >= 4 is 5.91 Å². The van der Waals surface area contributed by atoms with Crippen molar-refractivity contribution in [1.82, 2.24) is 10.3 Å². The Morgan fingerprint density at radius 3 is 2.78 bits per heavy atom. The van der Waals surface area contributed by atoms with Gasteiger partial charge in [-0.3, -0.25) is 4.79 Å². The Kier molecular flexibility index (Phi) is 8.96. The zero-order valence-electron chi connectivity index (χ0n) is 13.9. The summed E-state index contributed by atoms with van der Waals surface area (Å²) in [5.74, 6) is 5.77. The molecule has 3 N–H and O–H groups in total. The van der Waals surface area contributed by atoms with Gasteiger partial charge in [-0.2, -0.15) is 0 Å². The highest BCUT2D eigenvalue weighted by Crippen LogP contribution is 2.15. The maximum Gasteiger partial charge on any atom is 0.217 e. The summed E-state index contributed by atoms with van der Waals surface area (Å²) in [6, 6.07) is 4.41. The molecule has 0 radical (unpaired) electrons. The molecule has 126 valence electrons. The van der Waals surface area contributed by atoms with Gasteiger partial charge in [0.1, 0.15) is 11.8 Å². The summed E-state index contributed by atoms with van der Waals surface area (Å²) in [7, 11) is 0. The van der Waals surface area contributed by atoms with E-state index < -0.39 is 12.1 Å². The molecule has 0 aliphatic heterocycles. The largest absolute Gasteiger partial charge is 0.394 e. The molecule has 0 aromatic carbocycles. The molecule has 1 amide bonds. The first-order chi connectivity index (χ1) is 11.1. The molecule has 0 spiro atoms. The molecule has 0 aliphatic rings. The number of carbonyl (C=O) groups excluding carboxylic acids is 1. The molecule has 2 unspecified atom stereocenters. The Bertz CT molecular complexity index is 549. The zero-order valence-corrected chi connectivity index (χ0v) is 13.9. The highest BCUT2D eigenvalue weighted by molar-refractivity contribution is 5.73. The average Bonchev–Trinajstić information content (AvgIpc) is 2.55. The van der Waals surface area contributed by atoms with Crippen molar-refractivity contribution < 1.29 is 15.0 Å². The van der Waals surface area contributed by atoms with E-state index in [1.54, 1.807) is 18.2 Å². The van der Waals surface area contributed by atoms with Crippen LogP contribution in [0.15, 0.2) is 18.2 Å². The molecule has 1 rings (SSSR count). The zero-order chi connectivity index (χ0) is 17.1. The molecule has 5 heteroatoms. The van der Waals surface area contributed by atoms with E-state index in [4.69, 9.17) is 0 Å². The van der Waals surface area contributed by atoms with Gasteiger partial charge in [-0.15, -0.1) is 0 Å². The van der Waals surface area contributed by atoms with Crippen molar-refractivity contribution in [3.05, 3.63) is 29.6 Å². The van der Waals surface area contributed by atoms with Crippen LogP contribution in [0.3, 0.4) is 0 Å². The molecule has 0 aliphatic carbocycles. The summed E-state index contributed by atoms with van der Waals surface area (Å²) in [5.41, 5.74) is 0.965. The van der Waals surface area contributed by atoms with Crippen LogP contribution < -0.4 is 5.32 Å². The number of rotatable bonds is 8. The fraction of sp³-hybridized carbons (Fsp3) is 0.556. The highest BCUT2D eigenvalue weighted by Gasteiger charge is 2.22. The summed E-state index contributed by atoms with van der Waals surface area (Å²) in [4.78, 5) is 15.4. The molecular weight excluding hydrogens is 292 g/mol. The number of aliphatic hydroxyl groups is 2. The van der Waals surface area contributed by atoms with Gasteiger partial charge in [-0.1, -0.05) is 38.2 Å². The molecule has 5 nitrogen and oxygen atoms in total. The predicted octanol–water partition coefficient (Wildman–Crippen LogP) is 1.93. The van der Waals surface area contributed by atoms with Crippen LogP contribution in [0, 0.1) is 11.8 Å². The van der Waals surface area contributed by atoms with E-state index in [1.165, 1.54) is 26.2 Å². The Morgan fingerprint density at radius 1 is 1.35 bits per heavy atom. The summed E-state index contributed by atoms with van der Waals surface area (Å²) in [6.07, 6.45) is 4.46. The quantitative estimate of drug-likeness (QED) is 0.505. The Labute approximate surface area is 138 Å². The van der Waals surface area contributed by atoms with Gasteiger partial charge in [0.25, 0.3) is 0 Å². The van der Waals surface area contributed by atoms with Crippen molar-refractivity contribution in [1.29, 1.82) is 0 Å². The lowest BCUT2D eigenvalue weighted by molar-refractivity contribution is -0.121. The molecule has 0 fully saturated rings. The molecule has 1 heterocycles. The number of unbranched alkanes of at least 4 members (excludes halogenated alkanes) is 4. The summed E-state index contributed by atoms with van der Waals surface area (Å²) >= 11 is 0. The molecule has 2 atom stereocenters. The highest BCUT2D eigenvalue weighted by atomic mass is 16.3. The van der Waals surface area contributed by atoms with E-state index in [2.05, 4.69) is 29.1 Å². The standard InChI is InChI=1S/C18H26N2O3/c1-3-4-5-6-7-8-10-15-11-9-12-16(20-15)18(23)17(13-21)19-14(2)22/h9,11-12,17-18,21,23H,3-7,13H2,1-2H3,(H,19,22). The molecule has 0 saturated heterocycles. The third kappa shape index (κ3) is 7.27. The molecule has 1 aromatic heterocycles. The van der Waals surface area contributed by atoms with E-state index in [0.717, 1.165) is 12.8 Å². The Morgan fingerprint density at radius 2 is 2.13 bits per heavy atom. The molecular formula is C18H26N2O3. The van der Waals surface area contributed by atoms with Crippen molar-refractivity contribution in [2.75, 3.05) is 6.61 Å². The minimum Gasteiger partial charge on any atom is -0.394 e. The maximum absolute atomic E-state index is 11.1. The second kappa shape index (κ2) is 10.8. The number of nitrogens with one attached hydrogen (secondary N) is 1. The van der Waals surface area contributed by atoms with Crippen LogP contribution in [0.5, 0.6) is 0 Å². The lowest BCUT2D eigenvalue weighted by Gasteiger charge is -2.21. The number of aliphatic hydroxyl groups excluding tert-OH is 2. The van der Waals surface area contributed by atoms with Gasteiger partial charge in [0.2, 0.25) is 5.91 Å².